The largest absolute Gasteiger partial charge is 0.394 e. The molecule has 1 aromatic carbocycles. The number of aliphatic hydroxyl groups excluding tert-OH is 1. The molecule has 3 aliphatic heterocycles. The molecule has 2 aromatic heterocycles. The number of morpholine rings is 1. The lowest BCUT2D eigenvalue weighted by Gasteiger charge is -2.29. The maximum atomic E-state index is 9.82. The van der Waals surface area contributed by atoms with Crippen LogP contribution in [0.5, 0.6) is 0 Å². The van der Waals surface area contributed by atoms with Gasteiger partial charge in [-0.15, -0.1) is 0 Å². The lowest BCUT2D eigenvalue weighted by molar-refractivity contribution is -0.199. The maximum Gasteiger partial charge on any atom is 0.166 e. The van der Waals surface area contributed by atoms with E-state index in [0.29, 0.717) is 11.2 Å². The highest BCUT2D eigenvalue weighted by molar-refractivity contribution is 5.88. The van der Waals surface area contributed by atoms with Crippen LogP contribution in [-0.2, 0) is 18.9 Å². The summed E-state index contributed by atoms with van der Waals surface area (Å²) in [6.07, 6.45) is 1.51. The zero-order chi connectivity index (χ0) is 22.6. The van der Waals surface area contributed by atoms with E-state index in [1.807, 2.05) is 30.5 Å². The molecule has 10 heteroatoms. The van der Waals surface area contributed by atoms with Crippen LogP contribution >= 0.6 is 0 Å². The fourth-order valence-corrected chi connectivity index (χ4v) is 4.95. The summed E-state index contributed by atoms with van der Waals surface area (Å²) in [5, 5.41) is 9.82. The third kappa shape index (κ3) is 3.58. The van der Waals surface area contributed by atoms with Gasteiger partial charge in [0.25, 0.3) is 0 Å². The highest BCUT2D eigenvalue weighted by Gasteiger charge is 2.56. The summed E-state index contributed by atoms with van der Waals surface area (Å²) in [4.78, 5) is 16.0. The Hall–Kier alpha value is -2.63. The van der Waals surface area contributed by atoms with Crippen LogP contribution in [0.25, 0.3) is 22.4 Å². The molecule has 1 N–H and O–H groups in total. The third-order valence-corrected chi connectivity index (χ3v) is 6.43. The molecule has 0 spiro atoms. The summed E-state index contributed by atoms with van der Waals surface area (Å²) in [6, 6.07) is 8.30. The molecule has 3 aromatic rings. The average molecular weight is 453 g/mol. The number of benzene rings is 1. The first-order valence-electron chi connectivity index (χ1n) is 11.3. The summed E-state index contributed by atoms with van der Waals surface area (Å²) >= 11 is 0. The van der Waals surface area contributed by atoms with Crippen LogP contribution in [0.3, 0.4) is 0 Å². The Morgan fingerprint density at radius 3 is 2.73 bits per heavy atom. The van der Waals surface area contributed by atoms with E-state index in [0.717, 1.165) is 43.2 Å². The molecule has 6 rings (SSSR count). The second-order valence-corrected chi connectivity index (χ2v) is 9.01. The van der Waals surface area contributed by atoms with Crippen molar-refractivity contribution < 1.29 is 24.1 Å². The van der Waals surface area contributed by atoms with E-state index in [1.54, 1.807) is 12.7 Å². The van der Waals surface area contributed by atoms with Gasteiger partial charge in [0.1, 0.15) is 35.8 Å². The molecule has 10 nitrogen and oxygen atoms in total. The predicted molar refractivity (Wildman–Crippen MR) is 119 cm³/mol. The quantitative estimate of drug-likeness (QED) is 0.632. The van der Waals surface area contributed by atoms with Crippen LogP contribution in [0.4, 0.5) is 5.69 Å². The van der Waals surface area contributed by atoms with E-state index in [-0.39, 0.29) is 18.8 Å². The number of rotatable bonds is 4. The SMILES string of the molecule is CC1(C)O[C@@H]2[C@H](O1)[C@@H](CO)O[C@H]2n1cnc2c(-c3cccc(N4CCOCC4)c3)ncnc21. The molecule has 0 bridgehead atoms. The molecule has 4 atom stereocenters. The van der Waals surface area contributed by atoms with Crippen molar-refractivity contribution in [3.8, 4) is 11.3 Å². The van der Waals surface area contributed by atoms with Crippen molar-refractivity contribution in [1.29, 1.82) is 0 Å². The van der Waals surface area contributed by atoms with E-state index in [9.17, 15) is 5.11 Å². The summed E-state index contributed by atoms with van der Waals surface area (Å²) in [5.74, 6) is -0.749. The van der Waals surface area contributed by atoms with Gasteiger partial charge in [-0.05, 0) is 26.0 Å². The van der Waals surface area contributed by atoms with Gasteiger partial charge in [-0.2, -0.15) is 0 Å². The standard InChI is InChI=1S/C23H27N5O5/c1-23(2)32-19-16(11-29)31-22(20(19)33-23)28-13-26-18-17(24-12-25-21(18)28)14-4-3-5-15(10-14)27-6-8-30-9-7-27/h3-5,10,12-13,16,19-20,22,29H,6-9,11H2,1-2H3/t16-,19-,20-,22-/m1/s1. The van der Waals surface area contributed by atoms with Crippen molar-refractivity contribution in [2.75, 3.05) is 37.8 Å². The third-order valence-electron chi connectivity index (χ3n) is 6.43. The Morgan fingerprint density at radius 1 is 1.09 bits per heavy atom. The number of fused-ring (bicyclic) bond motifs is 2. The van der Waals surface area contributed by atoms with E-state index >= 15 is 0 Å². The van der Waals surface area contributed by atoms with Gasteiger partial charge in [-0.1, -0.05) is 12.1 Å². The van der Waals surface area contributed by atoms with E-state index in [4.69, 9.17) is 18.9 Å². The van der Waals surface area contributed by atoms with Gasteiger partial charge in [0, 0.05) is 24.3 Å². The Labute approximate surface area is 191 Å². The fraction of sp³-hybridized carbons (Fsp3) is 0.522. The second-order valence-electron chi connectivity index (χ2n) is 9.01. The smallest absolute Gasteiger partial charge is 0.166 e. The van der Waals surface area contributed by atoms with Crippen molar-refractivity contribution in [3.63, 3.8) is 0 Å². The minimum atomic E-state index is -0.749. The van der Waals surface area contributed by atoms with Crippen molar-refractivity contribution >= 4 is 16.9 Å². The monoisotopic (exact) mass is 453 g/mol. The fourth-order valence-electron chi connectivity index (χ4n) is 4.95. The number of hydrogen-bond donors (Lipinski definition) is 1. The van der Waals surface area contributed by atoms with Gasteiger partial charge in [0.15, 0.2) is 17.7 Å². The normalized spacial score (nSPS) is 29.0. The minimum Gasteiger partial charge on any atom is -0.394 e. The lowest BCUT2D eigenvalue weighted by atomic mass is 10.1. The Kier molecular flexibility index (Phi) is 5.07. The van der Waals surface area contributed by atoms with Crippen LogP contribution in [0.2, 0.25) is 0 Å². The minimum absolute atomic E-state index is 0.154. The molecule has 0 saturated carbocycles. The van der Waals surface area contributed by atoms with Crippen LogP contribution in [0.1, 0.15) is 20.1 Å². The molecule has 5 heterocycles. The number of aliphatic hydroxyl groups is 1. The number of ether oxygens (including phenoxy) is 4. The number of anilines is 1. The molecule has 0 radical (unpaired) electrons. The second kappa shape index (κ2) is 8.00. The van der Waals surface area contributed by atoms with E-state index in [1.165, 1.54) is 0 Å². The van der Waals surface area contributed by atoms with Gasteiger partial charge in [-0.25, -0.2) is 15.0 Å². The first-order chi connectivity index (χ1) is 16.0. The Balaban J connectivity index is 1.37. The molecule has 0 amide bonds. The number of nitrogens with zero attached hydrogens (tertiary/aromatic N) is 5. The molecule has 0 aliphatic carbocycles. The molecule has 3 fully saturated rings. The highest BCUT2D eigenvalue weighted by atomic mass is 16.8. The predicted octanol–water partition coefficient (Wildman–Crippen LogP) is 1.74. The molecule has 33 heavy (non-hydrogen) atoms. The topological polar surface area (TPSA) is 104 Å². The van der Waals surface area contributed by atoms with Crippen LogP contribution < -0.4 is 4.90 Å². The molecular weight excluding hydrogens is 426 g/mol. The van der Waals surface area contributed by atoms with E-state index < -0.39 is 18.1 Å². The summed E-state index contributed by atoms with van der Waals surface area (Å²) in [5.41, 5.74) is 4.19. The Bertz CT molecular complexity index is 1160. The molecular formula is C23H27N5O5. The lowest BCUT2D eigenvalue weighted by Crippen LogP contribution is -2.36. The van der Waals surface area contributed by atoms with Crippen LogP contribution in [0.15, 0.2) is 36.9 Å². The summed E-state index contributed by atoms with van der Waals surface area (Å²) < 4.78 is 25.6. The summed E-state index contributed by atoms with van der Waals surface area (Å²) in [7, 11) is 0. The Morgan fingerprint density at radius 2 is 1.91 bits per heavy atom. The van der Waals surface area contributed by atoms with Crippen LogP contribution in [-0.4, -0.2) is 81.6 Å². The molecule has 3 aliphatic rings. The van der Waals surface area contributed by atoms with Crippen molar-refractivity contribution in [1.82, 2.24) is 19.5 Å². The van der Waals surface area contributed by atoms with E-state index in [2.05, 4.69) is 32.0 Å². The first-order valence-corrected chi connectivity index (χ1v) is 11.3. The average Bonchev–Trinajstić information content (AvgIpc) is 3.50. The zero-order valence-electron chi connectivity index (χ0n) is 18.6. The van der Waals surface area contributed by atoms with Crippen molar-refractivity contribution in [2.24, 2.45) is 0 Å². The number of hydrogen-bond acceptors (Lipinski definition) is 9. The van der Waals surface area contributed by atoms with Gasteiger partial charge in [0.2, 0.25) is 0 Å². The van der Waals surface area contributed by atoms with Crippen molar-refractivity contribution in [2.45, 2.75) is 44.2 Å². The number of aromatic nitrogens is 4. The summed E-state index contributed by atoms with van der Waals surface area (Å²) in [6.45, 7) is 6.76. The molecule has 174 valence electrons. The molecule has 3 saturated heterocycles. The van der Waals surface area contributed by atoms with Gasteiger partial charge in [-0.3, -0.25) is 4.57 Å². The van der Waals surface area contributed by atoms with Crippen LogP contribution in [0, 0.1) is 0 Å². The van der Waals surface area contributed by atoms with Gasteiger partial charge in [0.05, 0.1) is 26.1 Å². The van der Waals surface area contributed by atoms with Crippen molar-refractivity contribution in [3.05, 3.63) is 36.9 Å². The zero-order valence-corrected chi connectivity index (χ0v) is 18.6. The van der Waals surface area contributed by atoms with Gasteiger partial charge < -0.3 is 29.0 Å². The first kappa shape index (κ1) is 20.9. The van der Waals surface area contributed by atoms with Gasteiger partial charge >= 0.3 is 0 Å². The highest BCUT2D eigenvalue weighted by Crippen LogP contribution is 2.43. The number of imidazole rings is 1. The molecule has 0 unspecified atom stereocenters. The maximum absolute atomic E-state index is 9.82.